The lowest BCUT2D eigenvalue weighted by Gasteiger charge is -2.24. The van der Waals surface area contributed by atoms with Crippen LogP contribution in [0.1, 0.15) is 46.4 Å². The number of aliphatic carboxylic acids is 1. The van der Waals surface area contributed by atoms with Gasteiger partial charge >= 0.3 is 5.97 Å². The van der Waals surface area contributed by atoms with E-state index in [1.807, 2.05) is 6.92 Å². The Balaban J connectivity index is 2.97. The van der Waals surface area contributed by atoms with Crippen molar-refractivity contribution < 1.29 is 9.90 Å². The lowest BCUT2D eigenvalue weighted by molar-refractivity contribution is -0.147. The average molecular weight is 240 g/mol. The van der Waals surface area contributed by atoms with Crippen molar-refractivity contribution in [2.45, 2.75) is 52.5 Å². The summed E-state index contributed by atoms with van der Waals surface area (Å²) in [6.07, 6.45) is 2.09. The molecule has 0 aliphatic rings. The van der Waals surface area contributed by atoms with Crippen molar-refractivity contribution in [3.8, 4) is 0 Å². The molecule has 17 heavy (non-hydrogen) atoms. The van der Waals surface area contributed by atoms with Crippen molar-refractivity contribution in [2.24, 2.45) is 5.92 Å². The summed E-state index contributed by atoms with van der Waals surface area (Å²) >= 11 is 0. The Bertz CT molecular complexity index is 389. The summed E-state index contributed by atoms with van der Waals surface area (Å²) in [6, 6.07) is 0. The van der Waals surface area contributed by atoms with E-state index in [2.05, 4.69) is 29.4 Å². The first-order chi connectivity index (χ1) is 7.91. The molecule has 96 valence electrons. The van der Waals surface area contributed by atoms with Gasteiger partial charge in [-0.3, -0.25) is 0 Å². The highest BCUT2D eigenvalue weighted by atomic mass is 16.4. The fourth-order valence-electron chi connectivity index (χ4n) is 1.55. The SMILES string of the molecule is CCC(C)(C(=O)O)n1nnnc1CCC(C)C. The van der Waals surface area contributed by atoms with Crippen LogP contribution < -0.4 is 0 Å². The minimum absolute atomic E-state index is 0.446. The minimum atomic E-state index is -1.06. The molecule has 0 saturated heterocycles. The summed E-state index contributed by atoms with van der Waals surface area (Å²) in [5.41, 5.74) is -1.06. The molecule has 1 rings (SSSR count). The van der Waals surface area contributed by atoms with Gasteiger partial charge in [0.05, 0.1) is 0 Å². The van der Waals surface area contributed by atoms with Crippen LogP contribution in [-0.2, 0) is 16.8 Å². The summed E-state index contributed by atoms with van der Waals surface area (Å²) in [7, 11) is 0. The van der Waals surface area contributed by atoms with Crippen LogP contribution in [0.25, 0.3) is 0 Å². The Kier molecular flexibility index (Phi) is 4.20. The third-order valence-corrected chi connectivity index (χ3v) is 3.10. The van der Waals surface area contributed by atoms with Crippen LogP contribution in [0.15, 0.2) is 0 Å². The average Bonchev–Trinajstić information content (AvgIpc) is 2.73. The third kappa shape index (κ3) is 2.81. The molecule has 0 aliphatic heterocycles. The number of nitrogens with zero attached hydrogens (tertiary/aromatic N) is 4. The Labute approximate surface area is 101 Å². The van der Waals surface area contributed by atoms with Crippen LogP contribution in [0.5, 0.6) is 0 Å². The van der Waals surface area contributed by atoms with Gasteiger partial charge in [-0.2, -0.15) is 0 Å². The van der Waals surface area contributed by atoms with Crippen LogP contribution >= 0.6 is 0 Å². The smallest absolute Gasteiger partial charge is 0.331 e. The maximum atomic E-state index is 11.3. The van der Waals surface area contributed by atoms with E-state index in [9.17, 15) is 9.90 Å². The fraction of sp³-hybridized carbons (Fsp3) is 0.818. The molecule has 0 saturated carbocycles. The second-order valence-electron chi connectivity index (χ2n) is 4.87. The van der Waals surface area contributed by atoms with Crippen molar-refractivity contribution in [1.82, 2.24) is 20.2 Å². The number of rotatable bonds is 6. The molecule has 0 aromatic carbocycles. The summed E-state index contributed by atoms with van der Waals surface area (Å²) in [4.78, 5) is 11.3. The van der Waals surface area contributed by atoms with Crippen LogP contribution in [0.2, 0.25) is 0 Å². The predicted molar refractivity (Wildman–Crippen MR) is 62.6 cm³/mol. The van der Waals surface area contributed by atoms with E-state index in [1.165, 1.54) is 4.68 Å². The first-order valence-corrected chi connectivity index (χ1v) is 5.93. The van der Waals surface area contributed by atoms with E-state index < -0.39 is 11.5 Å². The number of carboxylic acid groups (broad SMARTS) is 1. The first kappa shape index (κ1) is 13.6. The fourth-order valence-corrected chi connectivity index (χ4v) is 1.55. The molecule has 0 aliphatic carbocycles. The zero-order valence-corrected chi connectivity index (χ0v) is 10.8. The number of tetrazole rings is 1. The number of carbonyl (C=O) groups is 1. The Morgan fingerprint density at radius 3 is 2.65 bits per heavy atom. The first-order valence-electron chi connectivity index (χ1n) is 5.93. The standard InChI is InChI=1S/C11H20N4O2/c1-5-11(4,10(16)17)15-9(12-13-14-15)7-6-8(2)3/h8H,5-7H2,1-4H3,(H,16,17). The highest BCUT2D eigenvalue weighted by Gasteiger charge is 2.36. The molecule has 0 radical (unpaired) electrons. The molecule has 0 amide bonds. The topological polar surface area (TPSA) is 80.9 Å². The molecule has 1 aromatic rings. The molecule has 1 atom stereocenters. The Hall–Kier alpha value is -1.46. The summed E-state index contributed by atoms with van der Waals surface area (Å²) in [5, 5.41) is 20.6. The van der Waals surface area contributed by atoms with E-state index in [-0.39, 0.29) is 0 Å². The molecule has 0 bridgehead atoms. The van der Waals surface area contributed by atoms with Crippen LogP contribution in [-0.4, -0.2) is 31.3 Å². The second-order valence-corrected chi connectivity index (χ2v) is 4.87. The lowest BCUT2D eigenvalue weighted by atomic mass is 9.99. The number of hydrogen-bond acceptors (Lipinski definition) is 4. The number of carboxylic acids is 1. The van der Waals surface area contributed by atoms with Crippen molar-refractivity contribution in [3.05, 3.63) is 5.82 Å². The molecule has 6 nitrogen and oxygen atoms in total. The van der Waals surface area contributed by atoms with Gasteiger partial charge in [-0.1, -0.05) is 20.8 Å². The lowest BCUT2D eigenvalue weighted by Crippen LogP contribution is -2.40. The largest absolute Gasteiger partial charge is 0.479 e. The maximum absolute atomic E-state index is 11.3. The van der Waals surface area contributed by atoms with E-state index in [1.54, 1.807) is 6.92 Å². The number of aromatic nitrogens is 4. The van der Waals surface area contributed by atoms with Crippen molar-refractivity contribution in [2.75, 3.05) is 0 Å². The molecule has 1 aromatic heterocycles. The summed E-state index contributed by atoms with van der Waals surface area (Å²) in [5.74, 6) is 0.279. The molecule has 1 N–H and O–H groups in total. The molecule has 1 unspecified atom stereocenters. The monoisotopic (exact) mass is 240 g/mol. The van der Waals surface area contributed by atoms with Crippen molar-refractivity contribution >= 4 is 5.97 Å². The van der Waals surface area contributed by atoms with E-state index in [0.717, 1.165) is 6.42 Å². The van der Waals surface area contributed by atoms with Gasteiger partial charge in [0.2, 0.25) is 0 Å². The van der Waals surface area contributed by atoms with Crippen LogP contribution in [0.4, 0.5) is 0 Å². The molecule has 0 fully saturated rings. The van der Waals surface area contributed by atoms with Gasteiger partial charge in [0.25, 0.3) is 0 Å². The van der Waals surface area contributed by atoms with E-state index >= 15 is 0 Å². The quantitative estimate of drug-likeness (QED) is 0.814. The Morgan fingerprint density at radius 2 is 2.18 bits per heavy atom. The second kappa shape index (κ2) is 5.25. The van der Waals surface area contributed by atoms with Crippen molar-refractivity contribution in [1.29, 1.82) is 0 Å². The molecular weight excluding hydrogens is 220 g/mol. The van der Waals surface area contributed by atoms with Gasteiger partial charge in [-0.25, -0.2) is 9.48 Å². The van der Waals surface area contributed by atoms with Crippen LogP contribution in [0.3, 0.4) is 0 Å². The molecule has 0 spiro atoms. The normalized spacial score (nSPS) is 14.9. The summed E-state index contributed by atoms with van der Waals surface area (Å²) < 4.78 is 1.44. The molecule has 6 heteroatoms. The zero-order chi connectivity index (χ0) is 13.1. The molecular formula is C11H20N4O2. The van der Waals surface area contributed by atoms with Gasteiger partial charge < -0.3 is 5.11 Å². The number of hydrogen-bond donors (Lipinski definition) is 1. The highest BCUT2D eigenvalue weighted by Crippen LogP contribution is 2.21. The minimum Gasteiger partial charge on any atom is -0.479 e. The van der Waals surface area contributed by atoms with E-state index in [4.69, 9.17) is 0 Å². The third-order valence-electron chi connectivity index (χ3n) is 3.10. The zero-order valence-electron chi connectivity index (χ0n) is 10.8. The van der Waals surface area contributed by atoms with E-state index in [0.29, 0.717) is 24.6 Å². The molecule has 1 heterocycles. The van der Waals surface area contributed by atoms with Crippen molar-refractivity contribution in [3.63, 3.8) is 0 Å². The van der Waals surface area contributed by atoms with Gasteiger partial charge in [-0.15, -0.1) is 5.10 Å². The predicted octanol–water partition coefficient (Wildman–Crippen LogP) is 1.47. The van der Waals surface area contributed by atoms with Gasteiger partial charge in [-0.05, 0) is 36.1 Å². The maximum Gasteiger partial charge on any atom is 0.331 e. The van der Waals surface area contributed by atoms with Crippen LogP contribution in [0, 0.1) is 5.92 Å². The summed E-state index contributed by atoms with van der Waals surface area (Å²) in [6.45, 7) is 7.70. The number of aryl methyl sites for hydroxylation is 1. The highest BCUT2D eigenvalue weighted by molar-refractivity contribution is 5.76. The van der Waals surface area contributed by atoms with Gasteiger partial charge in [0.15, 0.2) is 11.4 Å². The van der Waals surface area contributed by atoms with Gasteiger partial charge in [0, 0.05) is 6.42 Å². The Morgan fingerprint density at radius 1 is 1.53 bits per heavy atom. The van der Waals surface area contributed by atoms with Gasteiger partial charge in [0.1, 0.15) is 0 Å².